The van der Waals surface area contributed by atoms with E-state index in [0.717, 1.165) is 16.5 Å². The quantitative estimate of drug-likeness (QED) is 0.458. The van der Waals surface area contributed by atoms with Gasteiger partial charge < -0.3 is 14.8 Å². The first kappa shape index (κ1) is 30.8. The molecule has 1 aliphatic rings. The molecule has 1 N–H and O–H groups in total. The van der Waals surface area contributed by atoms with Gasteiger partial charge in [-0.1, -0.05) is 72.6 Å². The minimum absolute atomic E-state index is 0.0760. The standard InChI is InChI=1S/C22H22N2O4.3C2H6/c1-4-8-18-16(11-15-9-6-7-10-19(15)24-18)13-23-20(25)17-12-22(5-2,27-3)21(26)28-14-17;3*1-2/h6-7,9-12H,5,13-14H2,1-3H3,(H,23,25);3*1-2H3. The number of hydrogen-bond acceptors (Lipinski definition) is 5. The van der Waals surface area contributed by atoms with Crippen molar-refractivity contribution >= 4 is 22.8 Å². The van der Waals surface area contributed by atoms with E-state index in [1.807, 2.05) is 71.9 Å². The Morgan fingerprint density at radius 3 is 2.41 bits per heavy atom. The van der Waals surface area contributed by atoms with Gasteiger partial charge in [0, 0.05) is 24.6 Å². The number of aromatic nitrogens is 1. The van der Waals surface area contributed by atoms with Crippen LogP contribution in [0, 0.1) is 11.8 Å². The zero-order valence-corrected chi connectivity index (χ0v) is 22.2. The number of nitrogens with one attached hydrogen (secondary N) is 1. The summed E-state index contributed by atoms with van der Waals surface area (Å²) in [6, 6.07) is 9.73. The second-order valence-corrected chi connectivity index (χ2v) is 6.44. The van der Waals surface area contributed by atoms with Crippen LogP contribution in [0.3, 0.4) is 0 Å². The molecule has 34 heavy (non-hydrogen) atoms. The van der Waals surface area contributed by atoms with Crippen LogP contribution in [0.2, 0.25) is 0 Å². The molecule has 0 spiro atoms. The molecule has 2 aromatic rings. The smallest absolute Gasteiger partial charge is 0.342 e. The summed E-state index contributed by atoms with van der Waals surface area (Å²) in [5.41, 5.74) is 1.45. The summed E-state index contributed by atoms with van der Waals surface area (Å²) in [5, 5.41) is 3.85. The van der Waals surface area contributed by atoms with E-state index in [0.29, 0.717) is 17.7 Å². The van der Waals surface area contributed by atoms with Crippen LogP contribution in [-0.2, 0) is 25.6 Å². The second-order valence-electron chi connectivity index (χ2n) is 6.44. The summed E-state index contributed by atoms with van der Waals surface area (Å²) in [7, 11) is 1.43. The number of para-hydroxylation sites is 1. The molecule has 0 saturated carbocycles. The average molecular weight is 469 g/mol. The largest absolute Gasteiger partial charge is 0.458 e. The maximum atomic E-state index is 12.6. The third-order valence-corrected chi connectivity index (χ3v) is 4.78. The van der Waals surface area contributed by atoms with Gasteiger partial charge in [-0.15, -0.1) is 0 Å². The lowest BCUT2D eigenvalue weighted by atomic mass is 9.95. The van der Waals surface area contributed by atoms with E-state index in [-0.39, 0.29) is 19.1 Å². The zero-order chi connectivity index (χ0) is 26.1. The summed E-state index contributed by atoms with van der Waals surface area (Å²) in [6.45, 7) is 15.7. The first-order valence-corrected chi connectivity index (χ1v) is 12.1. The Morgan fingerprint density at radius 2 is 1.82 bits per heavy atom. The fourth-order valence-corrected chi connectivity index (χ4v) is 3.12. The number of carbonyl (C=O) groups is 2. The van der Waals surface area contributed by atoms with Crippen LogP contribution in [0.1, 0.15) is 73.1 Å². The van der Waals surface area contributed by atoms with Gasteiger partial charge in [0.15, 0.2) is 5.60 Å². The van der Waals surface area contributed by atoms with Crippen molar-refractivity contribution in [2.45, 2.75) is 74.0 Å². The average Bonchev–Trinajstić information content (AvgIpc) is 2.91. The van der Waals surface area contributed by atoms with Crippen molar-refractivity contribution in [3.8, 4) is 11.8 Å². The Morgan fingerprint density at radius 1 is 1.18 bits per heavy atom. The zero-order valence-electron chi connectivity index (χ0n) is 22.2. The third-order valence-electron chi connectivity index (χ3n) is 4.78. The molecule has 0 aliphatic carbocycles. The highest BCUT2D eigenvalue weighted by atomic mass is 16.6. The molecule has 1 atom stereocenters. The Labute approximate surface area is 205 Å². The number of cyclic esters (lactones) is 1. The van der Waals surface area contributed by atoms with Gasteiger partial charge in [0.05, 0.1) is 11.1 Å². The molecule has 0 fully saturated rings. The SMILES string of the molecule is CC.CC.CC.CC#Cc1nc2ccccc2cc1CNC(=O)C1=CC(CC)(OC)C(=O)OC1. The minimum atomic E-state index is -1.21. The molecule has 186 valence electrons. The van der Waals surface area contributed by atoms with Crippen molar-refractivity contribution < 1.29 is 19.1 Å². The highest BCUT2D eigenvalue weighted by Gasteiger charge is 2.41. The van der Waals surface area contributed by atoms with Gasteiger partial charge >= 0.3 is 5.97 Å². The molecule has 6 nitrogen and oxygen atoms in total. The van der Waals surface area contributed by atoms with Crippen LogP contribution in [-0.4, -0.2) is 36.2 Å². The van der Waals surface area contributed by atoms with Crippen LogP contribution in [0.4, 0.5) is 0 Å². The number of fused-ring (bicyclic) bond motifs is 1. The molecule has 1 unspecified atom stereocenters. The number of hydrogen-bond donors (Lipinski definition) is 1. The number of amides is 1. The number of esters is 1. The predicted octanol–water partition coefficient (Wildman–Crippen LogP) is 5.58. The van der Waals surface area contributed by atoms with Gasteiger partial charge in [-0.05, 0) is 37.5 Å². The van der Waals surface area contributed by atoms with Crippen LogP contribution >= 0.6 is 0 Å². The summed E-state index contributed by atoms with van der Waals surface area (Å²) in [6.07, 6.45) is 1.93. The first-order chi connectivity index (χ1) is 16.5. The van der Waals surface area contributed by atoms with Gasteiger partial charge in [-0.2, -0.15) is 0 Å². The lowest BCUT2D eigenvalue weighted by Crippen LogP contribution is -2.45. The van der Waals surface area contributed by atoms with Gasteiger partial charge in [0.2, 0.25) is 0 Å². The minimum Gasteiger partial charge on any atom is -0.458 e. The molecule has 1 amide bonds. The van der Waals surface area contributed by atoms with Gasteiger partial charge in [0.25, 0.3) is 5.91 Å². The van der Waals surface area contributed by atoms with Crippen LogP contribution in [0.15, 0.2) is 42.0 Å². The summed E-state index contributed by atoms with van der Waals surface area (Å²) < 4.78 is 10.5. The van der Waals surface area contributed by atoms with Crippen molar-refractivity contribution in [2.75, 3.05) is 13.7 Å². The van der Waals surface area contributed by atoms with Crippen molar-refractivity contribution in [2.24, 2.45) is 0 Å². The van der Waals surface area contributed by atoms with Gasteiger partial charge in [-0.3, -0.25) is 4.79 Å². The summed E-state index contributed by atoms with van der Waals surface area (Å²) in [5.74, 6) is 5.06. The van der Waals surface area contributed by atoms with E-state index in [9.17, 15) is 9.59 Å². The molecule has 2 heterocycles. The van der Waals surface area contributed by atoms with Gasteiger partial charge in [0.1, 0.15) is 12.3 Å². The molecule has 1 aromatic heterocycles. The van der Waals surface area contributed by atoms with E-state index < -0.39 is 11.6 Å². The molecule has 1 aliphatic heterocycles. The second kappa shape index (κ2) is 16.4. The lowest BCUT2D eigenvalue weighted by molar-refractivity contribution is -0.165. The van der Waals surface area contributed by atoms with E-state index in [2.05, 4.69) is 22.1 Å². The van der Waals surface area contributed by atoms with Crippen LogP contribution in [0.5, 0.6) is 0 Å². The van der Waals surface area contributed by atoms with E-state index >= 15 is 0 Å². The van der Waals surface area contributed by atoms with E-state index in [1.165, 1.54) is 7.11 Å². The Bertz CT molecular complexity index is 1010. The van der Waals surface area contributed by atoms with Crippen molar-refractivity contribution in [3.05, 3.63) is 53.2 Å². The van der Waals surface area contributed by atoms with Gasteiger partial charge in [-0.25, -0.2) is 9.78 Å². The Hall–Kier alpha value is -3.17. The number of ether oxygens (including phenoxy) is 2. The number of rotatable bonds is 5. The van der Waals surface area contributed by atoms with E-state index in [1.54, 1.807) is 19.9 Å². The molecular weight excluding hydrogens is 428 g/mol. The Kier molecular flexibility index (Phi) is 14.9. The highest BCUT2D eigenvalue weighted by molar-refractivity contribution is 5.97. The van der Waals surface area contributed by atoms with Crippen LogP contribution < -0.4 is 5.32 Å². The molecular formula is C28H40N2O4. The molecule has 0 saturated heterocycles. The number of pyridine rings is 1. The van der Waals surface area contributed by atoms with Crippen molar-refractivity contribution in [1.29, 1.82) is 0 Å². The summed E-state index contributed by atoms with van der Waals surface area (Å²) >= 11 is 0. The summed E-state index contributed by atoms with van der Waals surface area (Å²) in [4.78, 5) is 29.3. The number of methoxy groups -OCH3 is 1. The molecule has 3 rings (SSSR count). The number of nitrogens with zero attached hydrogens (tertiary/aromatic N) is 1. The molecule has 0 radical (unpaired) electrons. The lowest BCUT2D eigenvalue weighted by Gasteiger charge is -2.30. The number of benzene rings is 1. The number of carbonyl (C=O) groups excluding carboxylic acids is 2. The topological polar surface area (TPSA) is 77.5 Å². The maximum absolute atomic E-state index is 12.6. The fraction of sp³-hybridized carbons (Fsp3) is 0.464. The molecule has 1 aromatic carbocycles. The fourth-order valence-electron chi connectivity index (χ4n) is 3.12. The maximum Gasteiger partial charge on any atom is 0.342 e. The highest BCUT2D eigenvalue weighted by Crippen LogP contribution is 2.25. The molecule has 6 heteroatoms. The Balaban J connectivity index is 0.00000168. The first-order valence-electron chi connectivity index (χ1n) is 12.1. The van der Waals surface area contributed by atoms with E-state index in [4.69, 9.17) is 9.47 Å². The predicted molar refractivity (Wildman–Crippen MR) is 139 cm³/mol. The normalized spacial score (nSPS) is 15.9. The van der Waals surface area contributed by atoms with Crippen molar-refractivity contribution in [1.82, 2.24) is 10.3 Å². The third kappa shape index (κ3) is 7.71. The van der Waals surface area contributed by atoms with Crippen molar-refractivity contribution in [3.63, 3.8) is 0 Å². The monoisotopic (exact) mass is 468 g/mol. The molecule has 0 bridgehead atoms. The van der Waals surface area contributed by atoms with Crippen LogP contribution in [0.25, 0.3) is 10.9 Å².